The molecular formula is C24H35ClO4. The number of fused-ring (bicyclic) bond motifs is 2. The maximum Gasteiger partial charge on any atom is 0.315 e. The van der Waals surface area contributed by atoms with Crippen LogP contribution in [0.15, 0.2) is 11.6 Å². The molecular weight excluding hydrogens is 388 g/mol. The standard InChI is InChI=1S/C24H35ClO4/c1-5-6-7-29-13-23-11-17-15(4)20(25)9-19(17)22(12-26)10-16(23)8-18(14(2)3)24(22,23)21(27)28/h8,12,14-17,19-20H,5-7,9-11,13H2,1-4H3,(H,27,28)/t15?,16?,17?,19?,20?,22-,23+,24-/m0/s1. The van der Waals surface area contributed by atoms with Gasteiger partial charge in [0.05, 0.1) is 12.0 Å². The van der Waals surface area contributed by atoms with E-state index >= 15 is 0 Å². The number of ether oxygens (including phenoxy) is 1. The van der Waals surface area contributed by atoms with Crippen LogP contribution in [-0.4, -0.2) is 36.0 Å². The van der Waals surface area contributed by atoms with E-state index in [0.717, 1.165) is 37.5 Å². The molecule has 4 rings (SSSR count). The number of carbonyl (C=O) groups is 2. The average Bonchev–Trinajstić information content (AvgIpc) is 3.20. The van der Waals surface area contributed by atoms with E-state index in [1.165, 1.54) is 0 Å². The lowest BCUT2D eigenvalue weighted by Crippen LogP contribution is -2.63. The van der Waals surface area contributed by atoms with E-state index < -0.39 is 22.2 Å². The van der Waals surface area contributed by atoms with Gasteiger partial charge < -0.3 is 14.6 Å². The Kier molecular flexibility index (Phi) is 5.22. The molecule has 0 amide bonds. The zero-order valence-corrected chi connectivity index (χ0v) is 18.9. The third-order valence-corrected chi connectivity index (χ3v) is 9.76. The van der Waals surface area contributed by atoms with Crippen LogP contribution in [0.3, 0.4) is 0 Å². The van der Waals surface area contributed by atoms with E-state index in [-0.39, 0.29) is 29.0 Å². The number of allylic oxidation sites excluding steroid dienone is 1. The van der Waals surface area contributed by atoms with Crippen molar-refractivity contribution in [2.24, 2.45) is 45.8 Å². The molecule has 8 atom stereocenters. The summed E-state index contributed by atoms with van der Waals surface area (Å²) in [5, 5.41) is 10.9. The van der Waals surface area contributed by atoms with Crippen LogP contribution in [0.25, 0.3) is 0 Å². The average molecular weight is 423 g/mol. The summed E-state index contributed by atoms with van der Waals surface area (Å²) in [6, 6.07) is 0. The molecule has 0 aliphatic heterocycles. The van der Waals surface area contributed by atoms with Crippen molar-refractivity contribution in [2.45, 2.75) is 65.2 Å². The second-order valence-corrected chi connectivity index (χ2v) is 11.0. The van der Waals surface area contributed by atoms with Crippen molar-refractivity contribution in [3.63, 3.8) is 0 Å². The Hall–Kier alpha value is -0.870. The summed E-state index contributed by atoms with van der Waals surface area (Å²) in [5.41, 5.74) is -1.61. The molecule has 0 spiro atoms. The van der Waals surface area contributed by atoms with Gasteiger partial charge in [-0.15, -0.1) is 11.6 Å². The van der Waals surface area contributed by atoms with Crippen LogP contribution >= 0.6 is 11.6 Å². The summed E-state index contributed by atoms with van der Waals surface area (Å²) in [4.78, 5) is 26.1. The summed E-state index contributed by atoms with van der Waals surface area (Å²) in [6.07, 6.45) is 7.44. The van der Waals surface area contributed by atoms with E-state index in [1.54, 1.807) is 0 Å². The van der Waals surface area contributed by atoms with Crippen molar-refractivity contribution < 1.29 is 19.4 Å². The lowest BCUT2D eigenvalue weighted by molar-refractivity contribution is -0.186. The minimum absolute atomic E-state index is 0.00934. The van der Waals surface area contributed by atoms with E-state index in [4.69, 9.17) is 16.3 Å². The van der Waals surface area contributed by atoms with Crippen molar-refractivity contribution in [1.29, 1.82) is 0 Å². The molecule has 0 radical (unpaired) electrons. The van der Waals surface area contributed by atoms with Crippen molar-refractivity contribution in [3.8, 4) is 0 Å². The normalized spacial score (nSPS) is 47.4. The van der Waals surface area contributed by atoms with Crippen molar-refractivity contribution in [2.75, 3.05) is 13.2 Å². The molecule has 5 unspecified atom stereocenters. The third kappa shape index (κ3) is 2.36. The highest BCUT2D eigenvalue weighted by Gasteiger charge is 2.84. The molecule has 0 aromatic carbocycles. The minimum atomic E-state index is -1.16. The van der Waals surface area contributed by atoms with Crippen LogP contribution in [-0.2, 0) is 14.3 Å². The van der Waals surface area contributed by atoms with Crippen molar-refractivity contribution >= 4 is 23.9 Å². The Morgan fingerprint density at radius 2 is 2.14 bits per heavy atom. The first kappa shape index (κ1) is 21.4. The smallest absolute Gasteiger partial charge is 0.315 e. The number of carbonyl (C=O) groups excluding carboxylic acids is 1. The van der Waals surface area contributed by atoms with Gasteiger partial charge in [0.15, 0.2) is 0 Å². The molecule has 3 fully saturated rings. The molecule has 4 aliphatic carbocycles. The Bertz CT molecular complexity index is 732. The van der Waals surface area contributed by atoms with Crippen molar-refractivity contribution in [1.82, 2.24) is 0 Å². The minimum Gasteiger partial charge on any atom is -0.481 e. The molecule has 1 N–H and O–H groups in total. The first-order valence-electron chi connectivity index (χ1n) is 11.4. The Morgan fingerprint density at radius 1 is 1.41 bits per heavy atom. The quantitative estimate of drug-likeness (QED) is 0.260. The van der Waals surface area contributed by atoms with E-state index in [2.05, 4.69) is 33.8 Å². The highest BCUT2D eigenvalue weighted by molar-refractivity contribution is 6.21. The fourth-order valence-electron chi connectivity index (χ4n) is 8.07. The number of unbranched alkanes of at least 4 members (excludes halogenated alkanes) is 1. The zero-order chi connectivity index (χ0) is 21.2. The first-order valence-corrected chi connectivity index (χ1v) is 11.8. The molecule has 0 heterocycles. The molecule has 4 nitrogen and oxygen atoms in total. The Balaban J connectivity index is 1.89. The molecule has 162 valence electrons. The fourth-order valence-corrected chi connectivity index (χ4v) is 8.45. The lowest BCUT2D eigenvalue weighted by Gasteiger charge is -2.58. The SMILES string of the molecule is CCCCOC[C@]12CC3C(C)C(Cl)CC3[C@@]3(C=O)CC1C=C(C(C)C)[C@@]23C(=O)O. The van der Waals surface area contributed by atoms with Gasteiger partial charge in [-0.25, -0.2) is 0 Å². The highest BCUT2D eigenvalue weighted by Crippen LogP contribution is 2.82. The fraction of sp³-hybridized carbons (Fsp3) is 0.833. The van der Waals surface area contributed by atoms with E-state index in [9.17, 15) is 14.7 Å². The second-order valence-electron chi connectivity index (χ2n) is 10.4. The molecule has 0 aromatic heterocycles. The summed E-state index contributed by atoms with van der Waals surface area (Å²) in [7, 11) is 0. The Morgan fingerprint density at radius 3 is 2.72 bits per heavy atom. The number of carboxylic acids is 1. The number of rotatable bonds is 8. The maximum absolute atomic E-state index is 13.2. The predicted octanol–water partition coefficient (Wildman–Crippen LogP) is 4.95. The molecule has 0 saturated heterocycles. The molecule has 4 bridgehead atoms. The molecule has 3 saturated carbocycles. The van der Waals surface area contributed by atoms with Crippen LogP contribution in [0.5, 0.6) is 0 Å². The van der Waals surface area contributed by atoms with Gasteiger partial charge in [0.25, 0.3) is 0 Å². The number of aldehydes is 1. The number of hydrogen-bond acceptors (Lipinski definition) is 3. The van der Waals surface area contributed by atoms with Crippen LogP contribution in [0.4, 0.5) is 0 Å². The van der Waals surface area contributed by atoms with E-state index in [1.807, 2.05) is 0 Å². The van der Waals surface area contributed by atoms with Gasteiger partial charge in [0.1, 0.15) is 11.7 Å². The van der Waals surface area contributed by atoms with Crippen LogP contribution in [0.2, 0.25) is 0 Å². The van der Waals surface area contributed by atoms with Crippen LogP contribution < -0.4 is 0 Å². The summed E-state index contributed by atoms with van der Waals surface area (Å²) < 4.78 is 6.17. The lowest BCUT2D eigenvalue weighted by atomic mass is 9.43. The van der Waals surface area contributed by atoms with Gasteiger partial charge in [-0.3, -0.25) is 4.79 Å². The topological polar surface area (TPSA) is 63.6 Å². The largest absolute Gasteiger partial charge is 0.481 e. The molecule has 4 aliphatic rings. The van der Waals surface area contributed by atoms with Crippen molar-refractivity contribution in [3.05, 3.63) is 11.6 Å². The number of alkyl halides is 1. The number of carboxylic acid groups (broad SMARTS) is 1. The monoisotopic (exact) mass is 422 g/mol. The van der Waals surface area contributed by atoms with Gasteiger partial charge in [-0.1, -0.05) is 45.8 Å². The first-order chi connectivity index (χ1) is 13.7. The van der Waals surface area contributed by atoms with Gasteiger partial charge in [0, 0.05) is 17.4 Å². The summed E-state index contributed by atoms with van der Waals surface area (Å²) >= 11 is 6.70. The molecule has 29 heavy (non-hydrogen) atoms. The highest BCUT2D eigenvalue weighted by atomic mass is 35.5. The maximum atomic E-state index is 13.2. The second kappa shape index (κ2) is 7.09. The van der Waals surface area contributed by atoms with Gasteiger partial charge in [0.2, 0.25) is 0 Å². The van der Waals surface area contributed by atoms with E-state index in [0.29, 0.717) is 25.6 Å². The zero-order valence-electron chi connectivity index (χ0n) is 18.1. The molecule has 0 aromatic rings. The molecule has 5 heteroatoms. The van der Waals surface area contributed by atoms with Crippen LogP contribution in [0, 0.1) is 45.8 Å². The van der Waals surface area contributed by atoms with Gasteiger partial charge >= 0.3 is 5.97 Å². The van der Waals surface area contributed by atoms with Crippen LogP contribution in [0.1, 0.15) is 59.8 Å². The Labute approximate surface area is 179 Å². The summed E-state index contributed by atoms with van der Waals surface area (Å²) in [6.45, 7) is 9.51. The third-order valence-electron chi connectivity index (χ3n) is 9.18. The van der Waals surface area contributed by atoms with Gasteiger partial charge in [-0.05, 0) is 55.3 Å². The number of halogens is 1. The van der Waals surface area contributed by atoms with Gasteiger partial charge in [-0.2, -0.15) is 0 Å². The predicted molar refractivity (Wildman–Crippen MR) is 113 cm³/mol. The number of hydrogen-bond donors (Lipinski definition) is 1. The number of aliphatic carboxylic acids is 1. The summed E-state index contributed by atoms with van der Waals surface area (Å²) in [5.74, 6) is -0.0167.